The van der Waals surface area contributed by atoms with Crippen molar-refractivity contribution in [2.75, 3.05) is 27.8 Å². The van der Waals surface area contributed by atoms with Crippen LogP contribution >= 0.6 is 0 Å². The molecule has 5 atom stereocenters. The van der Waals surface area contributed by atoms with Crippen LogP contribution in [0.25, 0.3) is 11.1 Å². The molecule has 2 N–H and O–H groups in total. The van der Waals surface area contributed by atoms with E-state index in [-0.39, 0.29) is 42.6 Å². The van der Waals surface area contributed by atoms with Crippen molar-refractivity contribution in [1.29, 1.82) is 0 Å². The predicted octanol–water partition coefficient (Wildman–Crippen LogP) is 5.40. The summed E-state index contributed by atoms with van der Waals surface area (Å²) in [6, 6.07) is 13.8. The molecule has 0 aromatic heterocycles. The molecule has 252 valence electrons. The Bertz CT molecular complexity index is 1330. The summed E-state index contributed by atoms with van der Waals surface area (Å²) in [4.78, 5) is 55.6. The molecule has 0 fully saturated rings. The second-order valence-electron chi connectivity index (χ2n) is 13.0. The van der Waals surface area contributed by atoms with E-state index in [2.05, 4.69) is 17.4 Å². The summed E-state index contributed by atoms with van der Waals surface area (Å²) in [7, 11) is 4.60. The summed E-state index contributed by atoms with van der Waals surface area (Å²) in [5, 5.41) is 12.4. The summed E-state index contributed by atoms with van der Waals surface area (Å²) >= 11 is 0. The maximum atomic E-state index is 13.9. The van der Waals surface area contributed by atoms with Crippen LogP contribution in [-0.4, -0.2) is 90.8 Å². The Morgan fingerprint density at radius 3 is 1.87 bits per heavy atom. The smallest absolute Gasteiger partial charge is 0.410 e. The maximum absolute atomic E-state index is 13.9. The molecule has 46 heavy (non-hydrogen) atoms. The van der Waals surface area contributed by atoms with Crippen molar-refractivity contribution in [3.05, 3.63) is 59.7 Å². The minimum absolute atomic E-state index is 0.0649. The highest BCUT2D eigenvalue weighted by molar-refractivity contribution is 5.91. The van der Waals surface area contributed by atoms with E-state index in [1.165, 1.54) is 24.0 Å². The molecule has 0 saturated carbocycles. The Kier molecular flexibility index (Phi) is 12.8. The molecular weight excluding hydrogens is 586 g/mol. The fourth-order valence-electron chi connectivity index (χ4n) is 6.61. The number of hydrogen-bond acceptors (Lipinski definition) is 6. The van der Waals surface area contributed by atoms with E-state index in [9.17, 15) is 24.3 Å². The number of hydrogen-bond donors (Lipinski definition) is 2. The van der Waals surface area contributed by atoms with Crippen LogP contribution in [0.5, 0.6) is 0 Å². The molecule has 2 aromatic carbocycles. The lowest BCUT2D eigenvalue weighted by Crippen LogP contribution is -2.60. The molecule has 1 aliphatic carbocycles. The molecular formula is C36H51N3O7. The van der Waals surface area contributed by atoms with Crippen molar-refractivity contribution >= 4 is 23.9 Å². The number of methoxy groups -OCH3 is 1. The van der Waals surface area contributed by atoms with Gasteiger partial charge in [-0.05, 0) is 40.0 Å². The van der Waals surface area contributed by atoms with Crippen LogP contribution in [0.1, 0.15) is 71.4 Å². The summed E-state index contributed by atoms with van der Waals surface area (Å²) in [6.07, 6.45) is -0.926. The number of carbonyl (C=O) groups excluding carboxylic acids is 3. The van der Waals surface area contributed by atoms with Gasteiger partial charge in [-0.2, -0.15) is 0 Å². The Morgan fingerprint density at radius 2 is 1.41 bits per heavy atom. The van der Waals surface area contributed by atoms with Gasteiger partial charge in [0.25, 0.3) is 0 Å². The number of ether oxygens (including phenoxy) is 2. The Hall–Kier alpha value is -3.92. The zero-order chi connectivity index (χ0) is 34.3. The molecule has 0 bridgehead atoms. The number of amides is 3. The number of likely N-dealkylation sites (N-methyl/N-ethyl adjacent to an activating group) is 2. The number of carbonyl (C=O) groups is 4. The Labute approximate surface area is 273 Å². The van der Waals surface area contributed by atoms with Gasteiger partial charge < -0.3 is 24.8 Å². The van der Waals surface area contributed by atoms with Gasteiger partial charge in [-0.3, -0.25) is 19.3 Å². The normalized spacial score (nSPS) is 15.7. The summed E-state index contributed by atoms with van der Waals surface area (Å²) in [6.45, 7) is 11.4. The van der Waals surface area contributed by atoms with Crippen LogP contribution in [0.2, 0.25) is 0 Å². The summed E-state index contributed by atoms with van der Waals surface area (Å²) in [5.74, 6) is -2.61. The highest BCUT2D eigenvalue weighted by atomic mass is 16.6. The highest BCUT2D eigenvalue weighted by Crippen LogP contribution is 2.44. The van der Waals surface area contributed by atoms with Gasteiger partial charge in [-0.25, -0.2) is 4.79 Å². The Balaban J connectivity index is 1.76. The standard InChI is InChI=1S/C36H51N3O7/c1-10-23(6)33(29(45-9)19-30(40)41)38(7)35(43)31(21(2)3)37-34(42)32(22(4)5)39(8)36(44)46-20-28-26-17-13-11-15-24(26)25-16-12-14-18-27(25)28/h11-18,21-23,28-29,31-33H,10,19-20H2,1-9H3,(H,37,42)(H,40,41)/t23-,29?,31-,32-,33?/m0/s1. The molecule has 0 heterocycles. The molecule has 3 rings (SSSR count). The molecule has 10 nitrogen and oxygen atoms in total. The fraction of sp³-hybridized carbons (Fsp3) is 0.556. The second-order valence-corrected chi connectivity index (χ2v) is 13.0. The number of nitrogens with one attached hydrogen (secondary N) is 1. The number of carboxylic acid groups (broad SMARTS) is 1. The number of rotatable bonds is 15. The minimum atomic E-state index is -1.02. The number of aliphatic carboxylic acids is 1. The second kappa shape index (κ2) is 16.1. The molecule has 10 heteroatoms. The molecule has 1 aliphatic rings. The summed E-state index contributed by atoms with van der Waals surface area (Å²) < 4.78 is 11.4. The van der Waals surface area contributed by atoms with E-state index < -0.39 is 42.2 Å². The van der Waals surface area contributed by atoms with Gasteiger partial charge in [0.1, 0.15) is 18.7 Å². The van der Waals surface area contributed by atoms with Crippen molar-refractivity contribution in [2.24, 2.45) is 17.8 Å². The first-order valence-electron chi connectivity index (χ1n) is 16.1. The highest BCUT2D eigenvalue weighted by Gasteiger charge is 2.40. The third kappa shape index (κ3) is 8.07. The van der Waals surface area contributed by atoms with E-state index >= 15 is 0 Å². The largest absolute Gasteiger partial charge is 0.481 e. The zero-order valence-electron chi connectivity index (χ0n) is 28.7. The third-order valence-corrected chi connectivity index (χ3v) is 9.25. The lowest BCUT2D eigenvalue weighted by atomic mass is 9.90. The van der Waals surface area contributed by atoms with E-state index in [0.29, 0.717) is 6.42 Å². The van der Waals surface area contributed by atoms with Crippen LogP contribution in [0.15, 0.2) is 48.5 Å². The minimum Gasteiger partial charge on any atom is -0.481 e. The summed E-state index contributed by atoms with van der Waals surface area (Å²) in [5.41, 5.74) is 4.43. The lowest BCUT2D eigenvalue weighted by Gasteiger charge is -2.40. The monoisotopic (exact) mass is 637 g/mol. The topological polar surface area (TPSA) is 125 Å². The first kappa shape index (κ1) is 36.5. The van der Waals surface area contributed by atoms with Gasteiger partial charge in [0.05, 0.1) is 18.6 Å². The van der Waals surface area contributed by atoms with Gasteiger partial charge in [-0.15, -0.1) is 0 Å². The van der Waals surface area contributed by atoms with Gasteiger partial charge >= 0.3 is 12.1 Å². The van der Waals surface area contributed by atoms with Crippen LogP contribution in [-0.2, 0) is 23.9 Å². The average Bonchev–Trinajstić information content (AvgIpc) is 3.34. The Morgan fingerprint density at radius 1 is 0.870 bits per heavy atom. The van der Waals surface area contributed by atoms with Crippen molar-refractivity contribution in [3.63, 3.8) is 0 Å². The number of fused-ring (bicyclic) bond motifs is 3. The average molecular weight is 638 g/mol. The van der Waals surface area contributed by atoms with Crippen molar-refractivity contribution in [1.82, 2.24) is 15.1 Å². The molecule has 0 aliphatic heterocycles. The van der Waals surface area contributed by atoms with Gasteiger partial charge in [0, 0.05) is 27.1 Å². The first-order valence-corrected chi connectivity index (χ1v) is 16.1. The van der Waals surface area contributed by atoms with Gasteiger partial charge in [-0.1, -0.05) is 96.5 Å². The van der Waals surface area contributed by atoms with Gasteiger partial charge in [0.2, 0.25) is 11.8 Å². The molecule has 3 amide bonds. The van der Waals surface area contributed by atoms with E-state index in [1.54, 1.807) is 7.05 Å². The maximum Gasteiger partial charge on any atom is 0.410 e. The van der Waals surface area contributed by atoms with Crippen LogP contribution in [0.4, 0.5) is 4.79 Å². The molecule has 0 radical (unpaired) electrons. The number of nitrogens with zero attached hydrogens (tertiary/aromatic N) is 2. The fourth-order valence-corrected chi connectivity index (χ4v) is 6.61. The predicted molar refractivity (Wildman–Crippen MR) is 177 cm³/mol. The number of carboxylic acids is 1. The van der Waals surface area contributed by atoms with Crippen molar-refractivity contribution in [3.8, 4) is 11.1 Å². The van der Waals surface area contributed by atoms with Crippen LogP contribution in [0.3, 0.4) is 0 Å². The SMILES string of the molecule is CC[C@H](C)C(C(CC(=O)O)OC)N(C)C(=O)[C@@H](NC(=O)[C@H](C(C)C)N(C)C(=O)OCC1c2ccccc2-c2ccccc21)C(C)C. The third-order valence-electron chi connectivity index (χ3n) is 9.25. The number of benzene rings is 2. The molecule has 2 unspecified atom stereocenters. The molecule has 0 saturated heterocycles. The quantitative estimate of drug-likeness (QED) is 0.268. The van der Waals surface area contributed by atoms with Gasteiger partial charge in [0.15, 0.2) is 0 Å². The van der Waals surface area contributed by atoms with Crippen LogP contribution in [0, 0.1) is 17.8 Å². The van der Waals surface area contributed by atoms with E-state index in [4.69, 9.17) is 9.47 Å². The first-order chi connectivity index (χ1) is 21.7. The zero-order valence-corrected chi connectivity index (χ0v) is 28.7. The molecule has 2 aromatic rings. The van der Waals surface area contributed by atoms with E-state index in [0.717, 1.165) is 22.3 Å². The lowest BCUT2D eigenvalue weighted by molar-refractivity contribution is -0.148. The molecule has 0 spiro atoms. The van der Waals surface area contributed by atoms with Crippen molar-refractivity contribution in [2.45, 2.75) is 84.5 Å². The van der Waals surface area contributed by atoms with Crippen LogP contribution < -0.4 is 5.32 Å². The van der Waals surface area contributed by atoms with E-state index in [1.807, 2.05) is 77.9 Å². The van der Waals surface area contributed by atoms with Crippen molar-refractivity contribution < 1.29 is 33.8 Å².